The Hall–Kier alpha value is -3.28. The van der Waals surface area contributed by atoms with Crippen LogP contribution in [0.4, 0.5) is 5.69 Å². The lowest BCUT2D eigenvalue weighted by Crippen LogP contribution is -2.25. The molecule has 1 amide bonds. The van der Waals surface area contributed by atoms with Crippen molar-refractivity contribution >= 4 is 28.8 Å². The van der Waals surface area contributed by atoms with Gasteiger partial charge in [0.1, 0.15) is 5.71 Å². The van der Waals surface area contributed by atoms with Crippen LogP contribution in [0.5, 0.6) is 0 Å². The molecule has 0 atom stereocenters. The summed E-state index contributed by atoms with van der Waals surface area (Å²) in [5.74, 6) is -0.170. The van der Waals surface area contributed by atoms with Crippen LogP contribution in [0.3, 0.4) is 0 Å². The van der Waals surface area contributed by atoms with E-state index < -0.39 is 0 Å². The SMILES string of the molecule is CC(=O)/C(=N/Nc1ccc(C2=NNC(=O)CC2)cc1)c1ccccc1. The number of carbonyl (C=O) groups is 2. The second-order valence-electron chi connectivity index (χ2n) is 5.67. The van der Waals surface area contributed by atoms with Crippen LogP contribution < -0.4 is 10.9 Å². The van der Waals surface area contributed by atoms with Crippen molar-refractivity contribution in [2.45, 2.75) is 19.8 Å². The standard InChI is InChI=1S/C19H18N4O2/c1-13(24)19(15-5-3-2-4-6-15)23-20-16-9-7-14(8-10-16)17-11-12-18(25)22-21-17/h2-10,20H,11-12H2,1H3,(H,22,25)/b23-19-. The molecule has 2 aromatic carbocycles. The first-order chi connectivity index (χ1) is 12.1. The quantitative estimate of drug-likeness (QED) is 0.651. The van der Waals surface area contributed by atoms with E-state index >= 15 is 0 Å². The topological polar surface area (TPSA) is 82.9 Å². The molecular formula is C19H18N4O2. The number of carbonyl (C=O) groups excluding carboxylic acids is 2. The van der Waals surface area contributed by atoms with Gasteiger partial charge in [0.2, 0.25) is 5.91 Å². The van der Waals surface area contributed by atoms with Crippen molar-refractivity contribution in [2.75, 3.05) is 5.43 Å². The van der Waals surface area contributed by atoms with Crippen LogP contribution in [0.2, 0.25) is 0 Å². The first-order valence-corrected chi connectivity index (χ1v) is 7.99. The zero-order chi connectivity index (χ0) is 17.6. The Morgan fingerprint density at radius 3 is 2.40 bits per heavy atom. The van der Waals surface area contributed by atoms with Crippen LogP contribution in [0.1, 0.15) is 30.9 Å². The third kappa shape index (κ3) is 4.17. The Morgan fingerprint density at radius 2 is 1.80 bits per heavy atom. The Morgan fingerprint density at radius 1 is 1.08 bits per heavy atom. The fourth-order valence-corrected chi connectivity index (χ4v) is 2.48. The van der Waals surface area contributed by atoms with E-state index in [1.165, 1.54) is 6.92 Å². The van der Waals surface area contributed by atoms with E-state index in [4.69, 9.17) is 0 Å². The Bertz CT molecular complexity index is 839. The highest BCUT2D eigenvalue weighted by Crippen LogP contribution is 2.14. The largest absolute Gasteiger partial charge is 0.293 e. The van der Waals surface area contributed by atoms with Gasteiger partial charge in [-0.1, -0.05) is 42.5 Å². The first kappa shape index (κ1) is 16.6. The molecule has 1 aliphatic rings. The van der Waals surface area contributed by atoms with Gasteiger partial charge in [-0.25, -0.2) is 5.43 Å². The fourth-order valence-electron chi connectivity index (χ4n) is 2.48. The van der Waals surface area contributed by atoms with E-state index in [9.17, 15) is 9.59 Å². The van der Waals surface area contributed by atoms with Gasteiger partial charge >= 0.3 is 0 Å². The van der Waals surface area contributed by atoms with Crippen molar-refractivity contribution in [3.63, 3.8) is 0 Å². The highest BCUT2D eigenvalue weighted by molar-refractivity contribution is 6.45. The van der Waals surface area contributed by atoms with Crippen LogP contribution in [-0.4, -0.2) is 23.1 Å². The van der Waals surface area contributed by atoms with Gasteiger partial charge in [0.25, 0.3) is 0 Å². The number of nitrogens with one attached hydrogen (secondary N) is 2. The number of anilines is 1. The van der Waals surface area contributed by atoms with Crippen LogP contribution in [0, 0.1) is 0 Å². The molecule has 2 aromatic rings. The van der Waals surface area contributed by atoms with Crippen molar-refractivity contribution in [1.29, 1.82) is 0 Å². The molecular weight excluding hydrogens is 316 g/mol. The number of rotatable bonds is 5. The molecule has 6 nitrogen and oxygen atoms in total. The van der Waals surface area contributed by atoms with Gasteiger partial charge in [0.05, 0.1) is 11.4 Å². The van der Waals surface area contributed by atoms with Gasteiger partial charge in [0.15, 0.2) is 5.78 Å². The second kappa shape index (κ2) is 7.53. The zero-order valence-electron chi connectivity index (χ0n) is 13.8. The smallest absolute Gasteiger partial charge is 0.240 e. The third-order valence-electron chi connectivity index (χ3n) is 3.80. The molecule has 0 aromatic heterocycles. The number of hydrazone groups is 2. The van der Waals surface area contributed by atoms with Crippen LogP contribution >= 0.6 is 0 Å². The molecule has 0 unspecified atom stereocenters. The van der Waals surface area contributed by atoms with Crippen molar-refractivity contribution in [1.82, 2.24) is 5.43 Å². The summed E-state index contributed by atoms with van der Waals surface area (Å²) in [5.41, 5.74) is 9.12. The molecule has 0 spiro atoms. The van der Waals surface area contributed by atoms with Crippen molar-refractivity contribution < 1.29 is 9.59 Å². The van der Waals surface area contributed by atoms with E-state index in [1.54, 1.807) is 0 Å². The van der Waals surface area contributed by atoms with E-state index in [-0.39, 0.29) is 11.7 Å². The van der Waals surface area contributed by atoms with Crippen LogP contribution in [0.15, 0.2) is 64.8 Å². The number of benzene rings is 2. The van der Waals surface area contributed by atoms with Crippen molar-refractivity contribution in [2.24, 2.45) is 10.2 Å². The molecule has 3 rings (SSSR count). The summed E-state index contributed by atoms with van der Waals surface area (Å²) < 4.78 is 0. The Balaban J connectivity index is 1.74. The molecule has 126 valence electrons. The predicted octanol–water partition coefficient (Wildman–Crippen LogP) is 2.71. The minimum Gasteiger partial charge on any atom is -0.293 e. The highest BCUT2D eigenvalue weighted by Gasteiger charge is 2.13. The van der Waals surface area contributed by atoms with Gasteiger partial charge < -0.3 is 0 Å². The van der Waals surface area contributed by atoms with Crippen LogP contribution in [0.25, 0.3) is 0 Å². The van der Waals surface area contributed by atoms with Gasteiger partial charge in [-0.3, -0.25) is 15.0 Å². The lowest BCUT2D eigenvalue weighted by Gasteiger charge is -2.12. The molecule has 1 heterocycles. The lowest BCUT2D eigenvalue weighted by atomic mass is 10.0. The number of hydrogen-bond acceptors (Lipinski definition) is 5. The van der Waals surface area contributed by atoms with Gasteiger partial charge in [-0.15, -0.1) is 0 Å². The Kier molecular flexibility index (Phi) is 4.99. The molecule has 0 radical (unpaired) electrons. The third-order valence-corrected chi connectivity index (χ3v) is 3.80. The van der Waals surface area contributed by atoms with E-state index in [2.05, 4.69) is 21.1 Å². The summed E-state index contributed by atoms with van der Waals surface area (Å²) in [6.07, 6.45) is 1.07. The summed E-state index contributed by atoms with van der Waals surface area (Å²) in [5, 5.41) is 8.32. The molecule has 0 saturated heterocycles. The molecule has 1 aliphatic heterocycles. The van der Waals surface area contributed by atoms with E-state index in [1.807, 2.05) is 54.6 Å². The summed E-state index contributed by atoms with van der Waals surface area (Å²) in [4.78, 5) is 23.0. The molecule has 6 heteroatoms. The highest BCUT2D eigenvalue weighted by atomic mass is 16.2. The maximum atomic E-state index is 11.8. The fraction of sp³-hybridized carbons (Fsp3) is 0.158. The summed E-state index contributed by atoms with van der Waals surface area (Å²) >= 11 is 0. The molecule has 0 saturated carbocycles. The number of amides is 1. The summed E-state index contributed by atoms with van der Waals surface area (Å²) in [6, 6.07) is 16.9. The monoisotopic (exact) mass is 334 g/mol. The summed E-state index contributed by atoms with van der Waals surface area (Å²) in [6.45, 7) is 1.49. The van der Waals surface area contributed by atoms with Gasteiger partial charge in [0, 0.05) is 25.3 Å². The second-order valence-corrected chi connectivity index (χ2v) is 5.67. The molecule has 2 N–H and O–H groups in total. The van der Waals surface area contributed by atoms with Crippen molar-refractivity contribution in [3.8, 4) is 0 Å². The summed E-state index contributed by atoms with van der Waals surface area (Å²) in [7, 11) is 0. The normalized spacial score (nSPS) is 14.5. The molecule has 25 heavy (non-hydrogen) atoms. The maximum Gasteiger partial charge on any atom is 0.240 e. The number of Topliss-reactive ketones (excluding diaryl/α,β-unsaturated/α-hetero) is 1. The number of nitrogens with zero attached hydrogens (tertiary/aromatic N) is 2. The lowest BCUT2D eigenvalue weighted by molar-refractivity contribution is -0.121. The minimum atomic E-state index is -0.109. The van der Waals surface area contributed by atoms with E-state index in [0.717, 1.165) is 22.5 Å². The first-order valence-electron chi connectivity index (χ1n) is 7.99. The zero-order valence-corrected chi connectivity index (χ0v) is 13.8. The van der Waals surface area contributed by atoms with Crippen molar-refractivity contribution in [3.05, 3.63) is 65.7 Å². The van der Waals surface area contributed by atoms with Gasteiger partial charge in [-0.05, 0) is 17.7 Å². The molecule has 0 bridgehead atoms. The number of ketones is 1. The van der Waals surface area contributed by atoms with Gasteiger partial charge in [-0.2, -0.15) is 10.2 Å². The minimum absolute atomic E-state index is 0.0611. The predicted molar refractivity (Wildman–Crippen MR) is 97.6 cm³/mol. The number of hydrogen-bond donors (Lipinski definition) is 2. The maximum absolute atomic E-state index is 11.8. The molecule has 0 fully saturated rings. The Labute approximate surface area is 145 Å². The average Bonchev–Trinajstić information content (AvgIpc) is 2.64. The van der Waals surface area contributed by atoms with Crippen LogP contribution in [-0.2, 0) is 9.59 Å². The van der Waals surface area contributed by atoms with E-state index in [0.29, 0.717) is 18.6 Å². The average molecular weight is 334 g/mol. The molecule has 0 aliphatic carbocycles.